The normalized spacial score (nSPS) is 18.6. The van der Waals surface area contributed by atoms with Gasteiger partial charge in [-0.3, -0.25) is 0 Å². The van der Waals surface area contributed by atoms with Crippen LogP contribution in [0.25, 0.3) is 11.3 Å². The average molecular weight is 304 g/mol. The largest absolute Gasteiger partial charge is 0.496 e. The summed E-state index contributed by atoms with van der Waals surface area (Å²) in [5.74, 6) is 4.16. The second-order valence-electron chi connectivity index (χ2n) is 5.17. The summed E-state index contributed by atoms with van der Waals surface area (Å²) in [4.78, 5) is 0. The van der Waals surface area contributed by atoms with E-state index in [9.17, 15) is 0 Å². The number of hydrogen-bond donors (Lipinski definition) is 1. The molecular weight excluding hydrogens is 284 g/mol. The summed E-state index contributed by atoms with van der Waals surface area (Å²) in [6.45, 7) is 0.730. The van der Waals surface area contributed by atoms with Crippen molar-refractivity contribution in [2.75, 3.05) is 18.6 Å². The predicted octanol–water partition coefficient (Wildman–Crippen LogP) is 3.34. The molecule has 1 fully saturated rings. The van der Waals surface area contributed by atoms with Crippen molar-refractivity contribution in [2.24, 2.45) is 0 Å². The molecule has 1 N–H and O–H groups in total. The number of benzene rings is 1. The third-order valence-corrected chi connectivity index (χ3v) is 4.88. The Bertz CT molecular complexity index is 579. The second-order valence-corrected chi connectivity index (χ2v) is 6.32. The molecule has 0 saturated carbocycles. The molecule has 1 aliphatic heterocycles. The van der Waals surface area contributed by atoms with Crippen molar-refractivity contribution in [3.63, 3.8) is 0 Å². The van der Waals surface area contributed by atoms with Crippen molar-refractivity contribution in [3.8, 4) is 17.0 Å². The molecule has 112 valence electrons. The molecule has 1 aromatic carbocycles. The summed E-state index contributed by atoms with van der Waals surface area (Å²) in [5, 5.41) is 7.70. The van der Waals surface area contributed by atoms with Crippen LogP contribution in [0.2, 0.25) is 0 Å². The molecule has 2 aromatic rings. The molecule has 1 aliphatic rings. The zero-order chi connectivity index (χ0) is 14.5. The molecule has 1 atom stereocenters. The van der Waals surface area contributed by atoms with E-state index in [1.807, 2.05) is 42.1 Å². The molecule has 0 aliphatic carbocycles. The highest BCUT2D eigenvalue weighted by molar-refractivity contribution is 7.99. The smallest absolute Gasteiger partial charge is 0.151 e. The lowest BCUT2D eigenvalue weighted by Crippen LogP contribution is -2.33. The zero-order valence-electron chi connectivity index (χ0n) is 12.2. The quantitative estimate of drug-likeness (QED) is 0.918. The van der Waals surface area contributed by atoms with Crippen molar-refractivity contribution in [2.45, 2.75) is 25.4 Å². The standard InChI is InChI=1S/C16H20N2O2S/c1-19-16-7-3-2-6-14(16)15-9-13(20-18-15)10-17-12-5-4-8-21-11-12/h2-3,6-7,9,12,17H,4-5,8,10-11H2,1H3. The van der Waals surface area contributed by atoms with Gasteiger partial charge >= 0.3 is 0 Å². The number of para-hydroxylation sites is 1. The fraction of sp³-hybridized carbons (Fsp3) is 0.438. The van der Waals surface area contributed by atoms with Gasteiger partial charge in [-0.2, -0.15) is 11.8 Å². The lowest BCUT2D eigenvalue weighted by atomic mass is 10.1. The van der Waals surface area contributed by atoms with Crippen LogP contribution in [0.1, 0.15) is 18.6 Å². The van der Waals surface area contributed by atoms with Crippen molar-refractivity contribution >= 4 is 11.8 Å². The fourth-order valence-corrected chi connectivity index (χ4v) is 3.63. The Hall–Kier alpha value is -1.46. The number of rotatable bonds is 5. The Morgan fingerprint density at radius 2 is 2.33 bits per heavy atom. The van der Waals surface area contributed by atoms with Gasteiger partial charge in [-0.25, -0.2) is 0 Å². The van der Waals surface area contributed by atoms with Gasteiger partial charge in [0.05, 0.1) is 13.7 Å². The molecule has 4 nitrogen and oxygen atoms in total. The molecular formula is C16H20N2O2S. The Kier molecular flexibility index (Phi) is 4.83. The lowest BCUT2D eigenvalue weighted by molar-refractivity contribution is 0.363. The van der Waals surface area contributed by atoms with E-state index < -0.39 is 0 Å². The fourth-order valence-electron chi connectivity index (χ4n) is 2.53. The minimum Gasteiger partial charge on any atom is -0.496 e. The van der Waals surface area contributed by atoms with Gasteiger partial charge in [0.15, 0.2) is 5.76 Å². The molecule has 0 radical (unpaired) electrons. The summed E-state index contributed by atoms with van der Waals surface area (Å²) in [5.41, 5.74) is 1.78. The van der Waals surface area contributed by atoms with Crippen LogP contribution in [-0.4, -0.2) is 29.8 Å². The molecule has 21 heavy (non-hydrogen) atoms. The molecule has 3 rings (SSSR count). The maximum atomic E-state index is 5.43. The topological polar surface area (TPSA) is 47.3 Å². The third-order valence-electron chi connectivity index (χ3n) is 3.67. The molecule has 0 spiro atoms. The van der Waals surface area contributed by atoms with Crippen molar-refractivity contribution < 1.29 is 9.26 Å². The van der Waals surface area contributed by atoms with Gasteiger partial charge in [-0.1, -0.05) is 17.3 Å². The molecule has 1 aromatic heterocycles. The summed E-state index contributed by atoms with van der Waals surface area (Å²) < 4.78 is 10.8. The Morgan fingerprint density at radius 3 is 3.14 bits per heavy atom. The number of nitrogens with zero attached hydrogens (tertiary/aromatic N) is 1. The van der Waals surface area contributed by atoms with E-state index in [4.69, 9.17) is 9.26 Å². The third kappa shape index (κ3) is 3.60. The van der Waals surface area contributed by atoms with Crippen LogP contribution >= 0.6 is 11.8 Å². The van der Waals surface area contributed by atoms with Crippen LogP contribution in [0.3, 0.4) is 0 Å². The molecule has 1 unspecified atom stereocenters. The van der Waals surface area contributed by atoms with Crippen LogP contribution < -0.4 is 10.1 Å². The minimum atomic E-state index is 0.587. The van der Waals surface area contributed by atoms with Gasteiger partial charge in [-0.05, 0) is 30.7 Å². The number of ether oxygens (including phenoxy) is 1. The van der Waals surface area contributed by atoms with Crippen molar-refractivity contribution in [1.29, 1.82) is 0 Å². The van der Waals surface area contributed by atoms with Gasteiger partial charge < -0.3 is 14.6 Å². The molecule has 0 bridgehead atoms. The van der Waals surface area contributed by atoms with Crippen molar-refractivity contribution in [3.05, 3.63) is 36.1 Å². The van der Waals surface area contributed by atoms with Crippen LogP contribution in [0.4, 0.5) is 0 Å². The van der Waals surface area contributed by atoms with E-state index in [1.54, 1.807) is 7.11 Å². The van der Waals surface area contributed by atoms with Gasteiger partial charge in [-0.15, -0.1) is 0 Å². The number of aromatic nitrogens is 1. The number of thioether (sulfide) groups is 1. The first-order valence-electron chi connectivity index (χ1n) is 7.27. The van der Waals surface area contributed by atoms with E-state index in [-0.39, 0.29) is 0 Å². The first-order valence-corrected chi connectivity index (χ1v) is 8.42. The Morgan fingerprint density at radius 1 is 1.43 bits per heavy atom. The summed E-state index contributed by atoms with van der Waals surface area (Å²) >= 11 is 2.02. The predicted molar refractivity (Wildman–Crippen MR) is 85.7 cm³/mol. The zero-order valence-corrected chi connectivity index (χ0v) is 13.0. The monoisotopic (exact) mass is 304 g/mol. The van der Waals surface area contributed by atoms with Crippen LogP contribution in [-0.2, 0) is 6.54 Å². The Labute approximate surface area is 129 Å². The van der Waals surface area contributed by atoms with Gasteiger partial charge in [0.1, 0.15) is 11.4 Å². The summed E-state index contributed by atoms with van der Waals surface area (Å²) in [7, 11) is 1.67. The van der Waals surface area contributed by atoms with Gasteiger partial charge in [0, 0.05) is 23.4 Å². The highest BCUT2D eigenvalue weighted by atomic mass is 32.2. The van der Waals surface area contributed by atoms with E-state index in [0.717, 1.165) is 29.3 Å². The molecule has 2 heterocycles. The highest BCUT2D eigenvalue weighted by Gasteiger charge is 2.15. The lowest BCUT2D eigenvalue weighted by Gasteiger charge is -2.21. The summed E-state index contributed by atoms with van der Waals surface area (Å²) in [6.07, 6.45) is 2.55. The van der Waals surface area contributed by atoms with E-state index in [0.29, 0.717) is 6.04 Å². The van der Waals surface area contributed by atoms with E-state index >= 15 is 0 Å². The maximum Gasteiger partial charge on any atom is 0.151 e. The molecule has 1 saturated heterocycles. The number of hydrogen-bond acceptors (Lipinski definition) is 5. The molecule has 0 amide bonds. The SMILES string of the molecule is COc1ccccc1-c1cc(CNC2CCCSC2)on1. The summed E-state index contributed by atoms with van der Waals surface area (Å²) in [6, 6.07) is 10.4. The first-order chi connectivity index (χ1) is 10.4. The van der Waals surface area contributed by atoms with Crippen LogP contribution in [0.5, 0.6) is 5.75 Å². The van der Waals surface area contributed by atoms with Crippen LogP contribution in [0, 0.1) is 0 Å². The number of nitrogens with one attached hydrogen (secondary N) is 1. The van der Waals surface area contributed by atoms with Gasteiger partial charge in [0.25, 0.3) is 0 Å². The minimum absolute atomic E-state index is 0.587. The van der Waals surface area contributed by atoms with E-state index in [2.05, 4.69) is 10.5 Å². The van der Waals surface area contributed by atoms with Crippen LogP contribution in [0.15, 0.2) is 34.9 Å². The molecule has 5 heteroatoms. The average Bonchev–Trinajstić information content (AvgIpc) is 3.02. The maximum absolute atomic E-state index is 5.43. The first kappa shape index (κ1) is 14.5. The number of methoxy groups -OCH3 is 1. The second kappa shape index (κ2) is 7.00. The van der Waals surface area contributed by atoms with Gasteiger partial charge in [0.2, 0.25) is 0 Å². The van der Waals surface area contributed by atoms with E-state index in [1.165, 1.54) is 24.3 Å². The Balaban J connectivity index is 1.65. The highest BCUT2D eigenvalue weighted by Crippen LogP contribution is 2.29. The van der Waals surface area contributed by atoms with Crippen molar-refractivity contribution in [1.82, 2.24) is 10.5 Å².